The Morgan fingerprint density at radius 2 is 1.89 bits per heavy atom. The van der Waals surface area contributed by atoms with Crippen molar-refractivity contribution >= 4 is 39.4 Å². The number of nitrogens with zero attached hydrogens (tertiary/aromatic N) is 4. The third-order valence-electron chi connectivity index (χ3n) is 4.22. The Bertz CT molecular complexity index is 866. The minimum absolute atomic E-state index is 0.0246. The van der Waals surface area contributed by atoms with Crippen LogP contribution in [-0.2, 0) is 11.2 Å². The van der Waals surface area contributed by atoms with E-state index in [9.17, 15) is 9.59 Å². The van der Waals surface area contributed by atoms with Gasteiger partial charge in [-0.15, -0.1) is 11.3 Å². The molecule has 0 unspecified atom stereocenters. The lowest BCUT2D eigenvalue weighted by Crippen LogP contribution is -2.50. The van der Waals surface area contributed by atoms with Gasteiger partial charge in [0.25, 0.3) is 5.91 Å². The lowest BCUT2D eigenvalue weighted by atomic mass is 10.2. The Labute approximate surface area is 162 Å². The molecule has 0 bridgehead atoms. The minimum atomic E-state index is -0.642. The van der Waals surface area contributed by atoms with Gasteiger partial charge in [-0.2, -0.15) is 0 Å². The van der Waals surface area contributed by atoms with Crippen LogP contribution in [0.2, 0.25) is 0 Å². The predicted octanol–water partition coefficient (Wildman–Crippen LogP) is 2.41. The zero-order valence-electron chi connectivity index (χ0n) is 16.1. The zero-order valence-corrected chi connectivity index (χ0v) is 16.9. The first-order chi connectivity index (χ1) is 12.7. The molecular formula is C18H25N5O3S. The number of carbonyl (C=O) groups excluding carboxylic acids is 2. The average Bonchev–Trinajstić information content (AvgIpc) is 3.02. The highest BCUT2D eigenvalue weighted by atomic mass is 32.1. The smallest absolute Gasteiger partial charge is 0.410 e. The number of primary amides is 1. The van der Waals surface area contributed by atoms with E-state index in [0.717, 1.165) is 16.6 Å². The van der Waals surface area contributed by atoms with E-state index in [-0.39, 0.29) is 11.9 Å². The predicted molar refractivity (Wildman–Crippen MR) is 105 cm³/mol. The summed E-state index contributed by atoms with van der Waals surface area (Å²) in [6, 6.07) is 2.07. The molecule has 9 heteroatoms. The molecule has 2 aromatic rings. The number of aromatic nitrogens is 2. The zero-order chi connectivity index (χ0) is 19.8. The van der Waals surface area contributed by atoms with Crippen LogP contribution >= 0.6 is 11.3 Å². The Morgan fingerprint density at radius 3 is 2.44 bits per heavy atom. The molecule has 2 amide bonds. The molecule has 0 atom stereocenters. The van der Waals surface area contributed by atoms with Crippen molar-refractivity contribution in [2.75, 3.05) is 31.1 Å². The molecule has 1 aliphatic heterocycles. The van der Waals surface area contributed by atoms with E-state index in [1.165, 1.54) is 4.88 Å². The van der Waals surface area contributed by atoms with E-state index in [2.05, 4.69) is 27.9 Å². The molecule has 2 N–H and O–H groups in total. The van der Waals surface area contributed by atoms with Gasteiger partial charge in [0.05, 0.1) is 5.39 Å². The van der Waals surface area contributed by atoms with Gasteiger partial charge in [-0.3, -0.25) is 4.79 Å². The molecule has 27 heavy (non-hydrogen) atoms. The van der Waals surface area contributed by atoms with Crippen molar-refractivity contribution in [1.82, 2.24) is 14.9 Å². The molecule has 3 rings (SSSR count). The third-order valence-corrected chi connectivity index (χ3v) is 5.40. The maximum Gasteiger partial charge on any atom is 0.410 e. The standard InChI is InChI=1S/C18H25N5O3S/c1-5-11-10-12-15(20-14(13(19)24)21-16(12)27-11)22-6-8-23(9-7-22)17(25)26-18(2,3)4/h10H,5-9H2,1-4H3,(H2,19,24). The van der Waals surface area contributed by atoms with Gasteiger partial charge >= 0.3 is 6.09 Å². The van der Waals surface area contributed by atoms with Crippen LogP contribution in [0.4, 0.5) is 10.6 Å². The number of thiophene rings is 1. The maximum absolute atomic E-state index is 12.3. The van der Waals surface area contributed by atoms with E-state index >= 15 is 0 Å². The first-order valence-electron chi connectivity index (χ1n) is 9.01. The molecule has 0 saturated carbocycles. The molecule has 2 aromatic heterocycles. The van der Waals surface area contributed by atoms with Crippen LogP contribution in [-0.4, -0.2) is 58.6 Å². The maximum atomic E-state index is 12.3. The van der Waals surface area contributed by atoms with Gasteiger partial charge in [-0.05, 0) is 33.3 Å². The van der Waals surface area contributed by atoms with Crippen molar-refractivity contribution in [1.29, 1.82) is 0 Å². The van der Waals surface area contributed by atoms with E-state index in [0.29, 0.717) is 32.0 Å². The topological polar surface area (TPSA) is 102 Å². The molecule has 0 spiro atoms. The molecule has 0 radical (unpaired) electrons. The third kappa shape index (κ3) is 4.29. The normalized spacial score (nSPS) is 15.3. The number of rotatable bonds is 3. The number of ether oxygens (including phenoxy) is 1. The van der Waals surface area contributed by atoms with Gasteiger partial charge in [0.15, 0.2) is 0 Å². The number of amides is 2. The number of hydrogen-bond donors (Lipinski definition) is 1. The Balaban J connectivity index is 1.83. The van der Waals surface area contributed by atoms with Crippen LogP contribution in [0.1, 0.15) is 43.2 Å². The fraction of sp³-hybridized carbons (Fsp3) is 0.556. The van der Waals surface area contributed by atoms with E-state index < -0.39 is 11.5 Å². The van der Waals surface area contributed by atoms with Crippen LogP contribution in [0.3, 0.4) is 0 Å². The highest BCUT2D eigenvalue weighted by Gasteiger charge is 2.28. The minimum Gasteiger partial charge on any atom is -0.444 e. The Hall–Kier alpha value is -2.42. The van der Waals surface area contributed by atoms with Crippen LogP contribution in [0.5, 0.6) is 0 Å². The van der Waals surface area contributed by atoms with E-state index in [1.807, 2.05) is 20.8 Å². The van der Waals surface area contributed by atoms with Crippen molar-refractivity contribution in [2.24, 2.45) is 5.73 Å². The highest BCUT2D eigenvalue weighted by Crippen LogP contribution is 2.32. The second-order valence-corrected chi connectivity index (χ2v) is 8.59. The summed E-state index contributed by atoms with van der Waals surface area (Å²) >= 11 is 1.55. The molecule has 1 fully saturated rings. The molecule has 146 valence electrons. The molecule has 3 heterocycles. The number of carbonyl (C=O) groups is 2. The fourth-order valence-electron chi connectivity index (χ4n) is 2.91. The van der Waals surface area contributed by atoms with Gasteiger partial charge in [0.1, 0.15) is 16.2 Å². The number of anilines is 1. The monoisotopic (exact) mass is 391 g/mol. The second kappa shape index (κ2) is 7.30. The van der Waals surface area contributed by atoms with Crippen LogP contribution in [0.15, 0.2) is 6.07 Å². The largest absolute Gasteiger partial charge is 0.444 e. The summed E-state index contributed by atoms with van der Waals surface area (Å²) < 4.78 is 5.44. The first kappa shape index (κ1) is 19.3. The number of fused-ring (bicyclic) bond motifs is 1. The highest BCUT2D eigenvalue weighted by molar-refractivity contribution is 7.18. The Morgan fingerprint density at radius 1 is 1.22 bits per heavy atom. The molecule has 1 saturated heterocycles. The average molecular weight is 391 g/mol. The Kier molecular flexibility index (Phi) is 5.23. The quantitative estimate of drug-likeness (QED) is 0.862. The fourth-order valence-corrected chi connectivity index (χ4v) is 3.87. The number of aryl methyl sites for hydroxylation is 1. The van der Waals surface area contributed by atoms with Crippen molar-refractivity contribution in [2.45, 2.75) is 39.7 Å². The molecule has 0 aliphatic carbocycles. The van der Waals surface area contributed by atoms with Crippen molar-refractivity contribution < 1.29 is 14.3 Å². The second-order valence-electron chi connectivity index (χ2n) is 7.47. The summed E-state index contributed by atoms with van der Waals surface area (Å²) in [5.41, 5.74) is 4.90. The van der Waals surface area contributed by atoms with Crippen LogP contribution in [0, 0.1) is 0 Å². The van der Waals surface area contributed by atoms with Gasteiger partial charge in [-0.1, -0.05) is 6.92 Å². The van der Waals surface area contributed by atoms with Crippen LogP contribution < -0.4 is 10.6 Å². The van der Waals surface area contributed by atoms with Gasteiger partial charge < -0.3 is 20.3 Å². The summed E-state index contributed by atoms with van der Waals surface area (Å²) in [6.45, 7) is 9.88. The molecule has 1 aliphatic rings. The van der Waals surface area contributed by atoms with Gasteiger partial charge in [0.2, 0.25) is 5.82 Å². The first-order valence-corrected chi connectivity index (χ1v) is 9.82. The lowest BCUT2D eigenvalue weighted by Gasteiger charge is -2.36. The summed E-state index contributed by atoms with van der Waals surface area (Å²) in [6.07, 6.45) is 0.579. The number of piperazine rings is 1. The van der Waals surface area contributed by atoms with Crippen molar-refractivity contribution in [3.63, 3.8) is 0 Å². The van der Waals surface area contributed by atoms with Crippen molar-refractivity contribution in [3.05, 3.63) is 16.8 Å². The lowest BCUT2D eigenvalue weighted by molar-refractivity contribution is 0.0240. The van der Waals surface area contributed by atoms with E-state index in [1.54, 1.807) is 16.2 Å². The number of hydrogen-bond acceptors (Lipinski definition) is 7. The summed E-state index contributed by atoms with van der Waals surface area (Å²) in [5.74, 6) is 0.0853. The van der Waals surface area contributed by atoms with Gasteiger partial charge in [0, 0.05) is 31.1 Å². The summed E-state index contributed by atoms with van der Waals surface area (Å²) in [7, 11) is 0. The molecule has 8 nitrogen and oxygen atoms in total. The molecule has 0 aromatic carbocycles. The van der Waals surface area contributed by atoms with Gasteiger partial charge in [-0.25, -0.2) is 14.8 Å². The summed E-state index contributed by atoms with van der Waals surface area (Å²) in [4.78, 5) is 38.3. The SMILES string of the molecule is CCc1cc2c(N3CCN(C(=O)OC(C)(C)C)CC3)nc(C(N)=O)nc2s1. The van der Waals surface area contributed by atoms with Crippen molar-refractivity contribution in [3.8, 4) is 0 Å². The van der Waals surface area contributed by atoms with Crippen LogP contribution in [0.25, 0.3) is 10.2 Å². The summed E-state index contributed by atoms with van der Waals surface area (Å²) in [5, 5.41) is 0.924. The molecular weight excluding hydrogens is 366 g/mol. The number of nitrogens with two attached hydrogens (primary N) is 1. The van der Waals surface area contributed by atoms with E-state index in [4.69, 9.17) is 10.5 Å².